The molecule has 1 unspecified atom stereocenters. The van der Waals surface area contributed by atoms with Crippen LogP contribution in [-0.4, -0.2) is 32.3 Å². The van der Waals surface area contributed by atoms with Crippen LogP contribution >= 0.6 is 0 Å². The first-order valence-corrected chi connectivity index (χ1v) is 10.8. The summed E-state index contributed by atoms with van der Waals surface area (Å²) in [5.74, 6) is -0.130. The SMILES string of the molecule is CC(=O)Nc1ccc(NC(=O)CC2C(=O)N(Cc3cccnc3)c3nc4ccccc4n32)cc1. The highest BCUT2D eigenvalue weighted by Crippen LogP contribution is 2.37. The van der Waals surface area contributed by atoms with Crippen LogP contribution in [0.25, 0.3) is 11.0 Å². The first-order chi connectivity index (χ1) is 16.5. The Bertz CT molecular complexity index is 1380. The van der Waals surface area contributed by atoms with Crippen LogP contribution in [0.4, 0.5) is 17.3 Å². The van der Waals surface area contributed by atoms with Gasteiger partial charge in [-0.25, -0.2) is 4.98 Å². The Morgan fingerprint density at radius 3 is 2.41 bits per heavy atom. The number of benzene rings is 2. The molecule has 3 heterocycles. The summed E-state index contributed by atoms with van der Waals surface area (Å²) in [5, 5.41) is 5.52. The highest BCUT2D eigenvalue weighted by Gasteiger charge is 2.40. The molecule has 170 valence electrons. The smallest absolute Gasteiger partial charge is 0.253 e. The third-order valence-corrected chi connectivity index (χ3v) is 5.61. The van der Waals surface area contributed by atoms with Gasteiger partial charge in [0, 0.05) is 30.7 Å². The Morgan fingerprint density at radius 2 is 1.71 bits per heavy atom. The molecular weight excluding hydrogens is 432 g/mol. The second-order valence-electron chi connectivity index (χ2n) is 8.08. The summed E-state index contributed by atoms with van der Waals surface area (Å²) in [5.41, 5.74) is 3.65. The lowest BCUT2D eigenvalue weighted by molar-refractivity contribution is -0.124. The Hall–Kier alpha value is -4.53. The molecule has 9 heteroatoms. The quantitative estimate of drug-likeness (QED) is 0.463. The van der Waals surface area contributed by atoms with Crippen molar-refractivity contribution in [3.05, 3.63) is 78.6 Å². The van der Waals surface area contributed by atoms with E-state index >= 15 is 0 Å². The van der Waals surface area contributed by atoms with Crippen molar-refractivity contribution in [2.45, 2.75) is 25.9 Å². The number of para-hydroxylation sites is 2. The molecular formula is C25H22N6O3. The fraction of sp³-hybridized carbons (Fsp3) is 0.160. The normalized spacial score (nSPS) is 14.8. The topological polar surface area (TPSA) is 109 Å². The number of hydrogen-bond acceptors (Lipinski definition) is 5. The monoisotopic (exact) mass is 454 g/mol. The van der Waals surface area contributed by atoms with Gasteiger partial charge >= 0.3 is 0 Å². The molecule has 2 aromatic heterocycles. The average molecular weight is 454 g/mol. The number of nitrogens with zero attached hydrogens (tertiary/aromatic N) is 4. The van der Waals surface area contributed by atoms with Crippen LogP contribution in [0.5, 0.6) is 0 Å². The Balaban J connectivity index is 1.39. The molecule has 0 radical (unpaired) electrons. The number of rotatable bonds is 6. The number of aromatic nitrogens is 3. The Labute approximate surface area is 195 Å². The van der Waals surface area contributed by atoms with Crippen molar-refractivity contribution in [3.8, 4) is 0 Å². The Kier molecular flexibility index (Phi) is 5.51. The molecule has 1 atom stereocenters. The molecule has 1 aliphatic heterocycles. The van der Waals surface area contributed by atoms with Crippen LogP contribution in [0.1, 0.15) is 24.9 Å². The van der Waals surface area contributed by atoms with Crippen LogP contribution < -0.4 is 15.5 Å². The zero-order valence-corrected chi connectivity index (χ0v) is 18.4. The Morgan fingerprint density at radius 1 is 0.971 bits per heavy atom. The van der Waals surface area contributed by atoms with E-state index in [9.17, 15) is 14.4 Å². The van der Waals surface area contributed by atoms with E-state index in [4.69, 9.17) is 0 Å². The summed E-state index contributed by atoms with van der Waals surface area (Å²) in [6.45, 7) is 1.75. The lowest BCUT2D eigenvalue weighted by Crippen LogP contribution is -2.31. The maximum atomic E-state index is 13.4. The highest BCUT2D eigenvalue weighted by atomic mass is 16.2. The molecule has 34 heavy (non-hydrogen) atoms. The van der Waals surface area contributed by atoms with Gasteiger partial charge in [0.05, 0.1) is 24.0 Å². The summed E-state index contributed by atoms with van der Waals surface area (Å²) in [6, 6.07) is 17.4. The lowest BCUT2D eigenvalue weighted by atomic mass is 10.1. The second kappa shape index (κ2) is 8.78. The van der Waals surface area contributed by atoms with Gasteiger partial charge in [-0.05, 0) is 48.0 Å². The summed E-state index contributed by atoms with van der Waals surface area (Å²) in [4.78, 5) is 48.0. The molecule has 0 aliphatic carbocycles. The molecule has 0 bridgehead atoms. The van der Waals surface area contributed by atoms with Crippen LogP contribution in [0, 0.1) is 0 Å². The molecule has 1 aliphatic rings. The van der Waals surface area contributed by atoms with Crippen LogP contribution in [0.3, 0.4) is 0 Å². The number of amides is 3. The number of fused-ring (bicyclic) bond motifs is 3. The van der Waals surface area contributed by atoms with Gasteiger partial charge in [0.25, 0.3) is 5.91 Å². The second-order valence-corrected chi connectivity index (χ2v) is 8.08. The number of carbonyl (C=O) groups is 3. The molecule has 0 fully saturated rings. The van der Waals surface area contributed by atoms with E-state index in [1.165, 1.54) is 6.92 Å². The largest absolute Gasteiger partial charge is 0.326 e. The van der Waals surface area contributed by atoms with E-state index in [1.807, 2.05) is 41.0 Å². The van der Waals surface area contributed by atoms with Crippen molar-refractivity contribution in [2.24, 2.45) is 0 Å². The van der Waals surface area contributed by atoms with Crippen molar-refractivity contribution < 1.29 is 14.4 Å². The van der Waals surface area contributed by atoms with Gasteiger partial charge in [0.2, 0.25) is 17.8 Å². The number of carbonyl (C=O) groups excluding carboxylic acids is 3. The van der Waals surface area contributed by atoms with Gasteiger partial charge in [-0.1, -0.05) is 18.2 Å². The van der Waals surface area contributed by atoms with Crippen LogP contribution in [0.2, 0.25) is 0 Å². The summed E-state index contributed by atoms with van der Waals surface area (Å²) in [7, 11) is 0. The molecule has 3 amide bonds. The summed E-state index contributed by atoms with van der Waals surface area (Å²) < 4.78 is 1.84. The van der Waals surface area contributed by atoms with Crippen molar-refractivity contribution in [1.29, 1.82) is 0 Å². The van der Waals surface area contributed by atoms with Gasteiger partial charge in [0.1, 0.15) is 6.04 Å². The molecule has 5 rings (SSSR count). The standard InChI is InChI=1S/C25H22N6O3/c1-16(32)27-18-8-10-19(11-9-18)28-23(33)13-22-24(34)30(15-17-5-4-12-26-14-17)25-29-20-6-2-3-7-21(20)31(22)25/h2-12,14,22H,13,15H2,1H3,(H,27,32)(H,28,33). The number of nitrogens with one attached hydrogen (secondary N) is 2. The fourth-order valence-electron chi connectivity index (χ4n) is 4.15. The van der Waals surface area contributed by atoms with E-state index in [1.54, 1.807) is 41.6 Å². The summed E-state index contributed by atoms with van der Waals surface area (Å²) >= 11 is 0. The van der Waals surface area contributed by atoms with Gasteiger partial charge in [-0.3, -0.25) is 28.8 Å². The predicted molar refractivity (Wildman–Crippen MR) is 128 cm³/mol. The van der Waals surface area contributed by atoms with Crippen molar-refractivity contribution in [2.75, 3.05) is 15.5 Å². The van der Waals surface area contributed by atoms with Gasteiger partial charge < -0.3 is 10.6 Å². The van der Waals surface area contributed by atoms with E-state index in [0.717, 1.165) is 16.6 Å². The molecule has 0 spiro atoms. The zero-order valence-electron chi connectivity index (χ0n) is 18.4. The third-order valence-electron chi connectivity index (χ3n) is 5.61. The van der Waals surface area contributed by atoms with Crippen molar-refractivity contribution >= 4 is 46.1 Å². The van der Waals surface area contributed by atoms with Gasteiger partial charge in [-0.2, -0.15) is 0 Å². The number of anilines is 3. The number of imidazole rings is 1. The molecule has 0 saturated heterocycles. The maximum Gasteiger partial charge on any atom is 0.253 e. The average Bonchev–Trinajstić information content (AvgIpc) is 3.31. The fourth-order valence-corrected chi connectivity index (χ4v) is 4.15. The highest BCUT2D eigenvalue weighted by molar-refractivity contribution is 6.05. The molecule has 0 saturated carbocycles. The lowest BCUT2D eigenvalue weighted by Gasteiger charge is -2.16. The number of hydrogen-bond donors (Lipinski definition) is 2. The van der Waals surface area contributed by atoms with Crippen LogP contribution in [-0.2, 0) is 20.9 Å². The maximum absolute atomic E-state index is 13.4. The van der Waals surface area contributed by atoms with E-state index in [0.29, 0.717) is 23.9 Å². The van der Waals surface area contributed by atoms with E-state index in [-0.39, 0.29) is 24.1 Å². The molecule has 2 N–H and O–H groups in total. The minimum absolute atomic E-state index is 0.0385. The van der Waals surface area contributed by atoms with E-state index in [2.05, 4.69) is 20.6 Å². The van der Waals surface area contributed by atoms with Crippen molar-refractivity contribution in [1.82, 2.24) is 14.5 Å². The first-order valence-electron chi connectivity index (χ1n) is 10.8. The van der Waals surface area contributed by atoms with Crippen molar-refractivity contribution in [3.63, 3.8) is 0 Å². The predicted octanol–water partition coefficient (Wildman–Crippen LogP) is 3.51. The van der Waals surface area contributed by atoms with Crippen LogP contribution in [0.15, 0.2) is 73.1 Å². The van der Waals surface area contributed by atoms with Gasteiger partial charge in [0.15, 0.2) is 0 Å². The molecule has 4 aromatic rings. The first kappa shape index (κ1) is 21.3. The van der Waals surface area contributed by atoms with E-state index < -0.39 is 6.04 Å². The number of pyridine rings is 1. The minimum Gasteiger partial charge on any atom is -0.326 e. The zero-order chi connectivity index (χ0) is 23.7. The third kappa shape index (κ3) is 4.11. The minimum atomic E-state index is -0.710. The van der Waals surface area contributed by atoms with Gasteiger partial charge in [-0.15, -0.1) is 0 Å². The summed E-state index contributed by atoms with van der Waals surface area (Å²) in [6.07, 6.45) is 3.36. The molecule has 2 aromatic carbocycles. The molecule has 9 nitrogen and oxygen atoms in total.